The van der Waals surface area contributed by atoms with Gasteiger partial charge in [0.25, 0.3) is 0 Å². The Balaban J connectivity index is 3.21. The van der Waals surface area contributed by atoms with Crippen LogP contribution in [0.1, 0.15) is 32.3 Å². The standard InChI is InChI=1S/C20H31NO3Si/c1-6-15-22-19(23-16-7-2)20(17-21,24-25(3,4)5)14-13-18-11-9-8-10-12-18/h8-14,19H,6-7,15-16H2,1-5H3/b14-13+. The Kier molecular flexibility index (Phi) is 9.08. The molecule has 1 aromatic carbocycles. The molecule has 1 rings (SSSR count). The minimum Gasteiger partial charge on any atom is -0.393 e. The molecule has 0 amide bonds. The Hall–Kier alpha value is -1.45. The van der Waals surface area contributed by atoms with E-state index in [0.29, 0.717) is 13.2 Å². The van der Waals surface area contributed by atoms with Crippen molar-refractivity contribution in [1.29, 1.82) is 5.26 Å². The molecule has 0 aliphatic carbocycles. The van der Waals surface area contributed by atoms with Crippen LogP contribution in [0.15, 0.2) is 36.4 Å². The van der Waals surface area contributed by atoms with Crippen LogP contribution >= 0.6 is 0 Å². The lowest BCUT2D eigenvalue weighted by Gasteiger charge is -2.37. The first-order chi connectivity index (χ1) is 11.9. The first-order valence-corrected chi connectivity index (χ1v) is 12.4. The monoisotopic (exact) mass is 361 g/mol. The van der Waals surface area contributed by atoms with E-state index in [1.54, 1.807) is 6.08 Å². The Morgan fingerprint density at radius 2 is 1.64 bits per heavy atom. The van der Waals surface area contributed by atoms with Gasteiger partial charge in [0.2, 0.25) is 11.9 Å². The molecule has 0 saturated carbocycles. The second-order valence-corrected chi connectivity index (χ2v) is 11.4. The molecule has 0 bridgehead atoms. The fourth-order valence-electron chi connectivity index (χ4n) is 2.31. The average molecular weight is 362 g/mol. The van der Waals surface area contributed by atoms with E-state index in [2.05, 4.69) is 25.7 Å². The summed E-state index contributed by atoms with van der Waals surface area (Å²) >= 11 is 0. The lowest BCUT2D eigenvalue weighted by atomic mass is 10.0. The van der Waals surface area contributed by atoms with Crippen molar-refractivity contribution in [3.05, 3.63) is 42.0 Å². The molecule has 1 aromatic rings. The van der Waals surface area contributed by atoms with Gasteiger partial charge < -0.3 is 13.9 Å². The Labute approximate surface area is 153 Å². The highest BCUT2D eigenvalue weighted by Crippen LogP contribution is 2.28. The Morgan fingerprint density at radius 3 is 2.08 bits per heavy atom. The van der Waals surface area contributed by atoms with Gasteiger partial charge in [-0.15, -0.1) is 0 Å². The fraction of sp³-hybridized carbons (Fsp3) is 0.550. The highest BCUT2D eigenvalue weighted by Gasteiger charge is 2.43. The molecular formula is C20H31NO3Si. The van der Waals surface area contributed by atoms with Gasteiger partial charge in [0.1, 0.15) is 6.07 Å². The van der Waals surface area contributed by atoms with E-state index in [1.807, 2.05) is 50.3 Å². The highest BCUT2D eigenvalue weighted by molar-refractivity contribution is 6.69. The summed E-state index contributed by atoms with van der Waals surface area (Å²) in [5, 5.41) is 10.0. The van der Waals surface area contributed by atoms with E-state index < -0.39 is 20.2 Å². The van der Waals surface area contributed by atoms with Gasteiger partial charge in [0, 0.05) is 13.2 Å². The van der Waals surface area contributed by atoms with Gasteiger partial charge >= 0.3 is 0 Å². The molecule has 5 heteroatoms. The predicted octanol–water partition coefficient (Wildman–Crippen LogP) is 4.99. The van der Waals surface area contributed by atoms with Crippen LogP contribution in [0.25, 0.3) is 6.08 Å². The quantitative estimate of drug-likeness (QED) is 0.411. The molecule has 1 unspecified atom stereocenters. The van der Waals surface area contributed by atoms with Gasteiger partial charge in [-0.1, -0.05) is 50.3 Å². The molecule has 0 spiro atoms. The second-order valence-electron chi connectivity index (χ2n) is 6.94. The van der Waals surface area contributed by atoms with Crippen molar-refractivity contribution < 1.29 is 13.9 Å². The summed E-state index contributed by atoms with van der Waals surface area (Å²) in [6, 6.07) is 12.2. The number of nitrogens with zero attached hydrogens (tertiary/aromatic N) is 1. The number of nitriles is 1. The van der Waals surface area contributed by atoms with Gasteiger partial charge in [-0.25, -0.2) is 0 Å². The highest BCUT2D eigenvalue weighted by atomic mass is 28.4. The number of hydrogen-bond donors (Lipinski definition) is 0. The smallest absolute Gasteiger partial charge is 0.215 e. The van der Waals surface area contributed by atoms with Crippen molar-refractivity contribution >= 4 is 14.4 Å². The van der Waals surface area contributed by atoms with Crippen molar-refractivity contribution in [1.82, 2.24) is 0 Å². The van der Waals surface area contributed by atoms with Crippen LogP contribution < -0.4 is 0 Å². The van der Waals surface area contributed by atoms with Crippen LogP contribution in [-0.2, 0) is 13.9 Å². The normalized spacial score (nSPS) is 14.6. The molecule has 1 atom stereocenters. The molecular weight excluding hydrogens is 330 g/mol. The lowest BCUT2D eigenvalue weighted by Crippen LogP contribution is -2.51. The molecule has 0 aromatic heterocycles. The summed E-state index contributed by atoms with van der Waals surface area (Å²) < 4.78 is 18.1. The van der Waals surface area contributed by atoms with E-state index in [1.165, 1.54) is 0 Å². The summed E-state index contributed by atoms with van der Waals surface area (Å²) in [6.07, 6.45) is 4.65. The Bertz CT molecular complexity index is 555. The molecule has 0 aliphatic rings. The Morgan fingerprint density at radius 1 is 1.08 bits per heavy atom. The number of ether oxygens (including phenoxy) is 2. The molecule has 4 nitrogen and oxygen atoms in total. The molecule has 0 aliphatic heterocycles. The molecule has 0 heterocycles. The third-order valence-electron chi connectivity index (χ3n) is 3.27. The maximum absolute atomic E-state index is 10.0. The van der Waals surface area contributed by atoms with Crippen molar-refractivity contribution in [2.24, 2.45) is 0 Å². The van der Waals surface area contributed by atoms with Crippen LogP contribution in [0.2, 0.25) is 19.6 Å². The minimum absolute atomic E-state index is 0.520. The van der Waals surface area contributed by atoms with Crippen molar-refractivity contribution in [2.45, 2.75) is 58.2 Å². The first-order valence-electron chi connectivity index (χ1n) is 8.95. The third-order valence-corrected chi connectivity index (χ3v) is 4.22. The van der Waals surface area contributed by atoms with E-state index in [4.69, 9.17) is 13.9 Å². The van der Waals surface area contributed by atoms with Crippen LogP contribution in [0, 0.1) is 11.3 Å². The van der Waals surface area contributed by atoms with E-state index in [0.717, 1.165) is 18.4 Å². The van der Waals surface area contributed by atoms with Gasteiger partial charge in [-0.2, -0.15) is 5.26 Å². The van der Waals surface area contributed by atoms with E-state index in [9.17, 15) is 5.26 Å². The zero-order valence-corrected chi connectivity index (χ0v) is 17.1. The van der Waals surface area contributed by atoms with Gasteiger partial charge in [-0.05, 0) is 44.1 Å². The largest absolute Gasteiger partial charge is 0.393 e. The first kappa shape index (κ1) is 21.6. The number of hydrogen-bond acceptors (Lipinski definition) is 4. The summed E-state index contributed by atoms with van der Waals surface area (Å²) in [6.45, 7) is 11.3. The molecule has 25 heavy (non-hydrogen) atoms. The van der Waals surface area contributed by atoms with Gasteiger partial charge in [0.15, 0.2) is 8.32 Å². The third kappa shape index (κ3) is 7.53. The zero-order valence-electron chi connectivity index (χ0n) is 16.1. The fourth-order valence-corrected chi connectivity index (χ4v) is 3.53. The van der Waals surface area contributed by atoms with Gasteiger partial charge in [-0.3, -0.25) is 0 Å². The van der Waals surface area contributed by atoms with Crippen molar-refractivity contribution in [3.63, 3.8) is 0 Å². The lowest BCUT2D eigenvalue weighted by molar-refractivity contribution is -0.199. The van der Waals surface area contributed by atoms with Gasteiger partial charge in [0.05, 0.1) is 0 Å². The molecule has 0 saturated heterocycles. The topological polar surface area (TPSA) is 51.5 Å². The molecule has 0 fully saturated rings. The van der Waals surface area contributed by atoms with E-state index in [-0.39, 0.29) is 0 Å². The minimum atomic E-state index is -2.03. The van der Waals surface area contributed by atoms with Crippen molar-refractivity contribution in [2.75, 3.05) is 13.2 Å². The maximum Gasteiger partial charge on any atom is 0.215 e. The summed E-state index contributed by atoms with van der Waals surface area (Å²) in [5.74, 6) is 0. The van der Waals surface area contributed by atoms with Crippen LogP contribution in [0.4, 0.5) is 0 Å². The summed E-state index contributed by atoms with van der Waals surface area (Å²) in [4.78, 5) is 0. The summed E-state index contributed by atoms with van der Waals surface area (Å²) in [5.41, 5.74) is -0.254. The molecule has 0 N–H and O–H groups in total. The summed E-state index contributed by atoms with van der Waals surface area (Å²) in [7, 11) is -2.03. The molecule has 138 valence electrons. The maximum atomic E-state index is 10.0. The number of rotatable bonds is 11. The predicted molar refractivity (Wildman–Crippen MR) is 105 cm³/mol. The SMILES string of the molecule is CCCOC(OCCC)C(C#N)(/C=C/c1ccccc1)O[Si](C)(C)C. The van der Waals surface area contributed by atoms with Crippen LogP contribution in [0.5, 0.6) is 0 Å². The van der Waals surface area contributed by atoms with Crippen LogP contribution in [-0.4, -0.2) is 33.4 Å². The zero-order chi connectivity index (χ0) is 18.8. The molecule has 0 radical (unpaired) electrons. The second kappa shape index (κ2) is 10.5. The van der Waals surface area contributed by atoms with E-state index >= 15 is 0 Å². The number of benzene rings is 1. The average Bonchev–Trinajstić information content (AvgIpc) is 2.59. The van der Waals surface area contributed by atoms with Crippen molar-refractivity contribution in [3.8, 4) is 6.07 Å². The van der Waals surface area contributed by atoms with Crippen LogP contribution in [0.3, 0.4) is 0 Å².